The number of hydrogen-bond donors (Lipinski definition) is 1. The third kappa shape index (κ3) is 6.77. The fourth-order valence-corrected chi connectivity index (χ4v) is 3.81. The smallest absolute Gasteiger partial charge is 0.349 e. The first-order chi connectivity index (χ1) is 13.8. The number of amides is 1. The quantitative estimate of drug-likeness (QED) is 0.324. The van der Waals surface area contributed by atoms with Crippen molar-refractivity contribution in [2.75, 3.05) is 6.61 Å². The van der Waals surface area contributed by atoms with Gasteiger partial charge in [-0.15, -0.1) is 0 Å². The molecule has 2 rings (SSSR count). The molecule has 1 aliphatic rings. The first kappa shape index (κ1) is 22.7. The second-order valence-corrected chi connectivity index (χ2v) is 8.33. The predicted molar refractivity (Wildman–Crippen MR) is 113 cm³/mol. The molecular weight excluding hydrogens is 366 g/mol. The summed E-state index contributed by atoms with van der Waals surface area (Å²) in [5.41, 5.74) is 2.80. The molecule has 158 valence electrons. The van der Waals surface area contributed by atoms with Crippen molar-refractivity contribution >= 4 is 18.0 Å². The Morgan fingerprint density at radius 2 is 1.93 bits per heavy atom. The van der Waals surface area contributed by atoms with Crippen molar-refractivity contribution in [3.05, 3.63) is 28.6 Å². The van der Waals surface area contributed by atoms with Gasteiger partial charge in [0, 0.05) is 24.0 Å². The Balaban J connectivity index is 1.98. The molecule has 0 spiro atoms. The van der Waals surface area contributed by atoms with Gasteiger partial charge in [-0.25, -0.2) is 4.79 Å². The SMILES string of the molecule is Cc1cc(/C=C(/C#N)C(=O)OCC(=O)NC2CCCCCC2)c(C)n1CC(C)C. The number of esters is 1. The summed E-state index contributed by atoms with van der Waals surface area (Å²) in [7, 11) is 0. The van der Waals surface area contributed by atoms with Crippen molar-refractivity contribution in [1.29, 1.82) is 5.26 Å². The Hall–Kier alpha value is -2.55. The summed E-state index contributed by atoms with van der Waals surface area (Å²) in [4.78, 5) is 24.4. The molecule has 6 heteroatoms. The van der Waals surface area contributed by atoms with Gasteiger partial charge in [-0.05, 0) is 50.3 Å². The standard InChI is InChI=1S/C23H33N3O3/c1-16(2)14-26-17(3)11-19(18(26)4)12-20(13-24)23(28)29-15-22(27)25-21-9-7-5-6-8-10-21/h11-12,16,21H,5-10,14-15H2,1-4H3,(H,25,27)/b20-12-. The van der Waals surface area contributed by atoms with Gasteiger partial charge < -0.3 is 14.6 Å². The first-order valence-electron chi connectivity index (χ1n) is 10.6. The summed E-state index contributed by atoms with van der Waals surface area (Å²) in [6.07, 6.45) is 8.11. The molecule has 1 aromatic rings. The molecule has 0 aromatic carbocycles. The first-order valence-corrected chi connectivity index (χ1v) is 10.6. The van der Waals surface area contributed by atoms with E-state index in [9.17, 15) is 14.9 Å². The van der Waals surface area contributed by atoms with Crippen molar-refractivity contribution in [2.24, 2.45) is 5.92 Å². The zero-order valence-corrected chi connectivity index (χ0v) is 18.1. The normalized spacial score (nSPS) is 15.7. The van der Waals surface area contributed by atoms with Gasteiger partial charge in [0.25, 0.3) is 5.91 Å². The lowest BCUT2D eigenvalue weighted by Gasteiger charge is -2.16. The Kier molecular flexibility index (Phi) is 8.50. The molecule has 0 unspecified atom stereocenters. The fourth-order valence-electron chi connectivity index (χ4n) is 3.81. The highest BCUT2D eigenvalue weighted by molar-refractivity contribution is 5.99. The number of ether oxygens (including phenoxy) is 1. The Morgan fingerprint density at radius 1 is 1.28 bits per heavy atom. The third-order valence-corrected chi connectivity index (χ3v) is 5.36. The van der Waals surface area contributed by atoms with E-state index in [1.54, 1.807) is 6.08 Å². The summed E-state index contributed by atoms with van der Waals surface area (Å²) in [6.45, 7) is 8.79. The maximum atomic E-state index is 12.3. The lowest BCUT2D eigenvalue weighted by molar-refractivity contribution is -0.144. The molecule has 1 aliphatic carbocycles. The number of nitrogens with one attached hydrogen (secondary N) is 1. The van der Waals surface area contributed by atoms with Crippen LogP contribution in [0.15, 0.2) is 11.6 Å². The van der Waals surface area contributed by atoms with Crippen LogP contribution in [0.5, 0.6) is 0 Å². The lowest BCUT2D eigenvalue weighted by atomic mass is 10.1. The lowest BCUT2D eigenvalue weighted by Crippen LogP contribution is -2.37. The Bertz CT molecular complexity index is 791. The molecule has 0 atom stereocenters. The molecule has 1 aromatic heterocycles. The minimum absolute atomic E-state index is 0.0999. The third-order valence-electron chi connectivity index (χ3n) is 5.36. The monoisotopic (exact) mass is 399 g/mol. The molecule has 1 fully saturated rings. The molecule has 1 saturated carbocycles. The molecule has 0 radical (unpaired) electrons. The summed E-state index contributed by atoms with van der Waals surface area (Å²) in [6, 6.07) is 4.02. The minimum Gasteiger partial charge on any atom is -0.451 e. The number of nitrogens with zero attached hydrogens (tertiary/aromatic N) is 2. The van der Waals surface area contributed by atoms with Crippen molar-refractivity contribution in [1.82, 2.24) is 9.88 Å². The maximum Gasteiger partial charge on any atom is 0.349 e. The maximum absolute atomic E-state index is 12.3. The van der Waals surface area contributed by atoms with E-state index < -0.39 is 5.97 Å². The number of aryl methyl sites for hydroxylation is 1. The average Bonchev–Trinajstić information content (AvgIpc) is 2.85. The van der Waals surface area contributed by atoms with Crippen LogP contribution in [0.3, 0.4) is 0 Å². The van der Waals surface area contributed by atoms with Crippen LogP contribution >= 0.6 is 0 Å². The van der Waals surface area contributed by atoms with Crippen LogP contribution in [0, 0.1) is 31.1 Å². The Labute approximate surface area is 173 Å². The van der Waals surface area contributed by atoms with Gasteiger partial charge in [-0.1, -0.05) is 39.5 Å². The van der Waals surface area contributed by atoms with Gasteiger partial charge in [0.15, 0.2) is 6.61 Å². The molecule has 0 bridgehead atoms. The number of nitriles is 1. The molecule has 6 nitrogen and oxygen atoms in total. The van der Waals surface area contributed by atoms with Gasteiger partial charge in [0.1, 0.15) is 11.6 Å². The van der Waals surface area contributed by atoms with Crippen LogP contribution in [0.4, 0.5) is 0 Å². The minimum atomic E-state index is -0.767. The number of carbonyl (C=O) groups excluding carboxylic acids is 2. The Morgan fingerprint density at radius 3 is 2.52 bits per heavy atom. The van der Waals surface area contributed by atoms with Gasteiger partial charge in [-0.2, -0.15) is 5.26 Å². The van der Waals surface area contributed by atoms with Crippen LogP contribution in [0.25, 0.3) is 6.08 Å². The largest absolute Gasteiger partial charge is 0.451 e. The predicted octanol–water partition coefficient (Wildman–Crippen LogP) is 4.05. The average molecular weight is 400 g/mol. The molecule has 29 heavy (non-hydrogen) atoms. The van der Waals surface area contributed by atoms with Crippen molar-refractivity contribution in [2.45, 2.75) is 78.8 Å². The van der Waals surface area contributed by atoms with E-state index in [2.05, 4.69) is 23.7 Å². The van der Waals surface area contributed by atoms with Crippen LogP contribution in [-0.4, -0.2) is 29.1 Å². The van der Waals surface area contributed by atoms with Crippen molar-refractivity contribution in [3.63, 3.8) is 0 Å². The van der Waals surface area contributed by atoms with Crippen LogP contribution in [0.2, 0.25) is 0 Å². The molecule has 1 N–H and O–H groups in total. The van der Waals surface area contributed by atoms with Crippen LogP contribution < -0.4 is 5.32 Å². The van der Waals surface area contributed by atoms with Gasteiger partial charge in [0.2, 0.25) is 0 Å². The number of rotatable bonds is 7. The molecule has 0 aliphatic heterocycles. The topological polar surface area (TPSA) is 84.1 Å². The highest BCUT2D eigenvalue weighted by atomic mass is 16.5. The van der Waals surface area contributed by atoms with E-state index in [1.807, 2.05) is 26.0 Å². The molecule has 0 saturated heterocycles. The van der Waals surface area contributed by atoms with E-state index in [0.29, 0.717) is 5.92 Å². The zero-order chi connectivity index (χ0) is 21.4. The fraction of sp³-hybridized carbons (Fsp3) is 0.609. The second kappa shape index (κ2) is 10.8. The van der Waals surface area contributed by atoms with Crippen molar-refractivity contribution in [3.8, 4) is 6.07 Å². The summed E-state index contributed by atoms with van der Waals surface area (Å²) in [5.74, 6) is -0.584. The molecule has 1 heterocycles. The highest BCUT2D eigenvalue weighted by Crippen LogP contribution is 2.20. The zero-order valence-electron chi connectivity index (χ0n) is 18.1. The number of carbonyl (C=O) groups is 2. The van der Waals surface area contributed by atoms with E-state index >= 15 is 0 Å². The van der Waals surface area contributed by atoms with Crippen LogP contribution in [0.1, 0.15) is 69.3 Å². The van der Waals surface area contributed by atoms with Crippen LogP contribution in [-0.2, 0) is 20.9 Å². The molecular formula is C23H33N3O3. The summed E-state index contributed by atoms with van der Waals surface area (Å²) >= 11 is 0. The van der Waals surface area contributed by atoms with Crippen molar-refractivity contribution < 1.29 is 14.3 Å². The number of hydrogen-bond acceptors (Lipinski definition) is 4. The number of aromatic nitrogens is 1. The van der Waals surface area contributed by atoms with Gasteiger partial charge in [-0.3, -0.25) is 4.79 Å². The van der Waals surface area contributed by atoms with Gasteiger partial charge in [0.05, 0.1) is 0 Å². The van der Waals surface area contributed by atoms with E-state index in [1.165, 1.54) is 12.8 Å². The summed E-state index contributed by atoms with van der Waals surface area (Å²) in [5, 5.41) is 12.3. The van der Waals surface area contributed by atoms with E-state index in [0.717, 1.165) is 49.2 Å². The summed E-state index contributed by atoms with van der Waals surface area (Å²) < 4.78 is 7.27. The molecule has 1 amide bonds. The second-order valence-electron chi connectivity index (χ2n) is 8.33. The highest BCUT2D eigenvalue weighted by Gasteiger charge is 2.18. The van der Waals surface area contributed by atoms with E-state index in [-0.39, 0.29) is 24.1 Å². The van der Waals surface area contributed by atoms with Gasteiger partial charge >= 0.3 is 5.97 Å². The van der Waals surface area contributed by atoms with E-state index in [4.69, 9.17) is 4.74 Å².